The number of carbonyl (C=O) groups excluding carboxylic acids is 2. The van der Waals surface area contributed by atoms with Crippen molar-refractivity contribution >= 4 is 11.8 Å². The molecule has 0 aromatic rings. The molecule has 5 nitrogen and oxygen atoms in total. The van der Waals surface area contributed by atoms with Gasteiger partial charge in [-0.3, -0.25) is 9.59 Å². The summed E-state index contributed by atoms with van der Waals surface area (Å²) in [5, 5.41) is 2.58. The standard InChI is InChI=1S/C9H16N2O3/c1-6(5-14-3)11-4-8(12)10-7(2)9(11)13/h6-7H,4-5H2,1-3H3,(H,10,12). The quantitative estimate of drug-likeness (QED) is 0.659. The van der Waals surface area contributed by atoms with Gasteiger partial charge in [-0.25, -0.2) is 0 Å². The highest BCUT2D eigenvalue weighted by molar-refractivity contribution is 5.94. The fraction of sp³-hybridized carbons (Fsp3) is 0.778. The maximum absolute atomic E-state index is 11.6. The van der Waals surface area contributed by atoms with Crippen molar-refractivity contribution in [2.75, 3.05) is 20.3 Å². The van der Waals surface area contributed by atoms with E-state index in [1.54, 1.807) is 18.9 Å². The molecule has 0 aromatic carbocycles. The molecular weight excluding hydrogens is 184 g/mol. The summed E-state index contributed by atoms with van der Waals surface area (Å²) in [6.07, 6.45) is 0. The molecule has 1 heterocycles. The Kier molecular flexibility index (Phi) is 3.46. The van der Waals surface area contributed by atoms with Gasteiger partial charge in [-0.05, 0) is 13.8 Å². The Balaban J connectivity index is 2.66. The first kappa shape index (κ1) is 11.0. The number of hydrogen-bond donors (Lipinski definition) is 1. The third-order valence-corrected chi connectivity index (χ3v) is 2.28. The SMILES string of the molecule is COCC(C)N1CC(=O)NC(C)C1=O. The zero-order valence-corrected chi connectivity index (χ0v) is 8.74. The van der Waals surface area contributed by atoms with E-state index in [9.17, 15) is 9.59 Å². The predicted octanol–water partition coefficient (Wildman–Crippen LogP) is -0.632. The molecule has 1 fully saturated rings. The van der Waals surface area contributed by atoms with Gasteiger partial charge in [0, 0.05) is 7.11 Å². The number of nitrogens with one attached hydrogen (secondary N) is 1. The minimum absolute atomic E-state index is 0.0471. The van der Waals surface area contributed by atoms with Gasteiger partial charge in [0.15, 0.2) is 0 Å². The molecule has 0 aromatic heterocycles. The number of hydrogen-bond acceptors (Lipinski definition) is 3. The second-order valence-electron chi connectivity index (χ2n) is 3.56. The van der Waals surface area contributed by atoms with Crippen molar-refractivity contribution < 1.29 is 14.3 Å². The summed E-state index contributed by atoms with van der Waals surface area (Å²) in [6.45, 7) is 4.14. The highest BCUT2D eigenvalue weighted by Gasteiger charge is 2.32. The highest BCUT2D eigenvalue weighted by atomic mass is 16.5. The summed E-state index contributed by atoms with van der Waals surface area (Å²) < 4.78 is 4.95. The lowest BCUT2D eigenvalue weighted by Crippen LogP contribution is -2.59. The van der Waals surface area contributed by atoms with Crippen LogP contribution in [0.1, 0.15) is 13.8 Å². The van der Waals surface area contributed by atoms with E-state index in [2.05, 4.69) is 5.32 Å². The largest absolute Gasteiger partial charge is 0.383 e. The van der Waals surface area contributed by atoms with Gasteiger partial charge in [-0.1, -0.05) is 0 Å². The van der Waals surface area contributed by atoms with Crippen molar-refractivity contribution in [2.24, 2.45) is 0 Å². The van der Waals surface area contributed by atoms with E-state index in [-0.39, 0.29) is 24.4 Å². The van der Waals surface area contributed by atoms with Crippen LogP contribution in [0.15, 0.2) is 0 Å². The Bertz CT molecular complexity index is 242. The lowest BCUT2D eigenvalue weighted by atomic mass is 10.1. The topological polar surface area (TPSA) is 58.6 Å². The Morgan fingerprint density at radius 2 is 2.29 bits per heavy atom. The molecule has 1 aliphatic heterocycles. The number of rotatable bonds is 3. The van der Waals surface area contributed by atoms with Crippen LogP contribution in [-0.2, 0) is 14.3 Å². The monoisotopic (exact) mass is 200 g/mol. The maximum Gasteiger partial charge on any atom is 0.245 e. The molecule has 14 heavy (non-hydrogen) atoms. The first-order valence-electron chi connectivity index (χ1n) is 4.65. The van der Waals surface area contributed by atoms with Crippen LogP contribution in [0.25, 0.3) is 0 Å². The second kappa shape index (κ2) is 4.41. The van der Waals surface area contributed by atoms with E-state index in [0.717, 1.165) is 0 Å². The number of carbonyl (C=O) groups is 2. The molecule has 0 bridgehead atoms. The van der Waals surface area contributed by atoms with Crippen molar-refractivity contribution in [1.82, 2.24) is 10.2 Å². The molecule has 0 radical (unpaired) electrons. The predicted molar refractivity (Wildman–Crippen MR) is 50.7 cm³/mol. The average molecular weight is 200 g/mol. The molecule has 2 unspecified atom stereocenters. The summed E-state index contributed by atoms with van der Waals surface area (Å²) in [4.78, 5) is 24.4. The smallest absolute Gasteiger partial charge is 0.245 e. The third kappa shape index (κ3) is 2.23. The van der Waals surface area contributed by atoms with Crippen LogP contribution in [0.3, 0.4) is 0 Å². The molecule has 80 valence electrons. The van der Waals surface area contributed by atoms with Crippen LogP contribution in [0, 0.1) is 0 Å². The fourth-order valence-corrected chi connectivity index (χ4v) is 1.53. The molecule has 1 N–H and O–H groups in total. The van der Waals surface area contributed by atoms with Crippen molar-refractivity contribution in [3.8, 4) is 0 Å². The van der Waals surface area contributed by atoms with Crippen LogP contribution in [0.5, 0.6) is 0 Å². The van der Waals surface area contributed by atoms with Gasteiger partial charge >= 0.3 is 0 Å². The Morgan fingerprint density at radius 3 is 2.86 bits per heavy atom. The molecule has 1 aliphatic rings. The summed E-state index contributed by atoms with van der Waals surface area (Å²) in [7, 11) is 1.58. The zero-order chi connectivity index (χ0) is 10.7. The first-order chi connectivity index (χ1) is 6.56. The molecule has 5 heteroatoms. The normalized spacial score (nSPS) is 24.8. The number of methoxy groups -OCH3 is 1. The molecule has 2 amide bonds. The van der Waals surface area contributed by atoms with Crippen LogP contribution in [-0.4, -0.2) is 49.1 Å². The molecule has 0 saturated carbocycles. The van der Waals surface area contributed by atoms with E-state index in [1.165, 1.54) is 0 Å². The van der Waals surface area contributed by atoms with Gasteiger partial charge < -0.3 is 15.0 Å². The van der Waals surface area contributed by atoms with Gasteiger partial charge in [0.2, 0.25) is 11.8 Å². The molecule has 2 atom stereocenters. The lowest BCUT2D eigenvalue weighted by molar-refractivity contribution is -0.146. The summed E-state index contributed by atoms with van der Waals surface area (Å²) in [5.74, 6) is -0.158. The van der Waals surface area contributed by atoms with Crippen LogP contribution in [0.2, 0.25) is 0 Å². The van der Waals surface area contributed by atoms with E-state index < -0.39 is 6.04 Å². The van der Waals surface area contributed by atoms with Crippen molar-refractivity contribution in [3.63, 3.8) is 0 Å². The maximum atomic E-state index is 11.6. The van der Waals surface area contributed by atoms with E-state index >= 15 is 0 Å². The number of amides is 2. The molecular formula is C9H16N2O3. The number of nitrogens with zero attached hydrogens (tertiary/aromatic N) is 1. The number of piperazine rings is 1. The van der Waals surface area contributed by atoms with Gasteiger partial charge in [-0.15, -0.1) is 0 Å². The van der Waals surface area contributed by atoms with Crippen LogP contribution >= 0.6 is 0 Å². The Morgan fingerprint density at radius 1 is 1.64 bits per heavy atom. The summed E-state index contributed by atoms with van der Waals surface area (Å²) in [5.41, 5.74) is 0. The van der Waals surface area contributed by atoms with Crippen molar-refractivity contribution in [3.05, 3.63) is 0 Å². The summed E-state index contributed by atoms with van der Waals surface area (Å²) >= 11 is 0. The van der Waals surface area contributed by atoms with Gasteiger partial charge in [0.1, 0.15) is 6.04 Å². The molecule has 1 saturated heterocycles. The molecule has 0 spiro atoms. The number of ether oxygens (including phenoxy) is 1. The first-order valence-corrected chi connectivity index (χ1v) is 4.65. The minimum Gasteiger partial charge on any atom is -0.383 e. The van der Waals surface area contributed by atoms with Crippen LogP contribution < -0.4 is 5.32 Å². The minimum atomic E-state index is -0.421. The highest BCUT2D eigenvalue weighted by Crippen LogP contribution is 2.07. The lowest BCUT2D eigenvalue weighted by Gasteiger charge is -2.34. The van der Waals surface area contributed by atoms with Crippen molar-refractivity contribution in [2.45, 2.75) is 25.9 Å². The zero-order valence-electron chi connectivity index (χ0n) is 8.74. The second-order valence-corrected chi connectivity index (χ2v) is 3.56. The molecule has 1 rings (SSSR count). The van der Waals surface area contributed by atoms with E-state index in [0.29, 0.717) is 6.61 Å². The van der Waals surface area contributed by atoms with E-state index in [4.69, 9.17) is 4.74 Å². The van der Waals surface area contributed by atoms with Crippen molar-refractivity contribution in [1.29, 1.82) is 0 Å². The Hall–Kier alpha value is -1.10. The third-order valence-electron chi connectivity index (χ3n) is 2.28. The van der Waals surface area contributed by atoms with Gasteiger partial charge in [0.25, 0.3) is 0 Å². The average Bonchev–Trinajstić information content (AvgIpc) is 2.11. The molecule has 0 aliphatic carbocycles. The summed E-state index contributed by atoms with van der Waals surface area (Å²) in [6, 6.07) is -0.475. The van der Waals surface area contributed by atoms with Gasteiger partial charge in [0.05, 0.1) is 19.2 Å². The van der Waals surface area contributed by atoms with E-state index in [1.807, 2.05) is 6.92 Å². The van der Waals surface area contributed by atoms with Gasteiger partial charge in [-0.2, -0.15) is 0 Å². The fourth-order valence-electron chi connectivity index (χ4n) is 1.53. The Labute approximate surface area is 83.4 Å². The van der Waals surface area contributed by atoms with Crippen LogP contribution in [0.4, 0.5) is 0 Å².